The molecule has 9 aromatic rings. The van der Waals surface area contributed by atoms with Crippen LogP contribution >= 0.6 is 0 Å². The summed E-state index contributed by atoms with van der Waals surface area (Å²) in [7, 11) is 0. The Morgan fingerprint density at radius 3 is 1.49 bits per heavy atom. The van der Waals surface area contributed by atoms with Crippen LogP contribution < -0.4 is 9.80 Å². The van der Waals surface area contributed by atoms with Gasteiger partial charge in [-0.3, -0.25) is 0 Å². The fourth-order valence-electron chi connectivity index (χ4n) is 8.98. The van der Waals surface area contributed by atoms with Gasteiger partial charge in [-0.1, -0.05) is 123 Å². The van der Waals surface area contributed by atoms with Crippen molar-refractivity contribution in [1.29, 1.82) is 0 Å². The van der Waals surface area contributed by atoms with Gasteiger partial charge in [0.25, 0.3) is 0 Å². The Balaban J connectivity index is 1.18. The Kier molecular flexibility index (Phi) is 7.57. The maximum absolute atomic E-state index is 15.5. The topological polar surface area (TPSA) is 6.48 Å². The molecule has 0 saturated carbocycles. The highest BCUT2D eigenvalue weighted by Crippen LogP contribution is 2.57. The van der Waals surface area contributed by atoms with Crippen LogP contribution in [0.15, 0.2) is 182 Å². The molecule has 55 heavy (non-hydrogen) atoms. The van der Waals surface area contributed by atoms with E-state index in [4.69, 9.17) is 0 Å². The molecule has 264 valence electrons. The van der Waals surface area contributed by atoms with E-state index in [2.05, 4.69) is 86.6 Å². The number of benzene rings is 9. The molecule has 0 aliphatic heterocycles. The third kappa shape index (κ3) is 5.13. The molecule has 0 N–H and O–H groups in total. The van der Waals surface area contributed by atoms with Gasteiger partial charge >= 0.3 is 0 Å². The predicted octanol–water partition coefficient (Wildman–Crippen LogP) is 14.7. The standard InChI is InChI=1S/C51H36F2N2/c1-51(2)49-38-29-26-36(54(34-15-5-3-6-16-34)46-23-13-11-21-44(46)52)31-33(38)25-28-42(49)48-40-20-10-9-19-39(40)43-32-37(27-30-41(43)50(48)51)55(35-17-7-4-8-18-35)47-24-14-12-22-45(47)53/h3-32H,1-2H3. The molecule has 10 rings (SSSR count). The van der Waals surface area contributed by atoms with Crippen LogP contribution in [0.2, 0.25) is 0 Å². The van der Waals surface area contributed by atoms with Crippen molar-refractivity contribution in [3.05, 3.63) is 205 Å². The van der Waals surface area contributed by atoms with E-state index in [9.17, 15) is 0 Å². The van der Waals surface area contributed by atoms with Crippen LogP contribution in [0.4, 0.5) is 42.9 Å². The lowest BCUT2D eigenvalue weighted by atomic mass is 9.77. The second-order valence-corrected chi connectivity index (χ2v) is 14.8. The molecule has 0 heterocycles. The number of nitrogens with zero attached hydrogens (tertiary/aromatic N) is 2. The van der Waals surface area contributed by atoms with E-state index in [0.717, 1.165) is 38.9 Å². The molecule has 0 atom stereocenters. The molecule has 0 aromatic heterocycles. The summed E-state index contributed by atoms with van der Waals surface area (Å²) in [6, 6.07) is 60.0. The average molecular weight is 715 g/mol. The summed E-state index contributed by atoms with van der Waals surface area (Å²) < 4.78 is 30.9. The first-order chi connectivity index (χ1) is 26.9. The van der Waals surface area contributed by atoms with Gasteiger partial charge in [-0.25, -0.2) is 8.78 Å². The first-order valence-electron chi connectivity index (χ1n) is 18.7. The van der Waals surface area contributed by atoms with Gasteiger partial charge < -0.3 is 9.80 Å². The summed E-state index contributed by atoms with van der Waals surface area (Å²) in [5.74, 6) is -0.558. The lowest BCUT2D eigenvalue weighted by Crippen LogP contribution is -2.17. The number of halogens is 2. The van der Waals surface area contributed by atoms with E-state index in [-0.39, 0.29) is 17.0 Å². The second-order valence-electron chi connectivity index (χ2n) is 14.8. The summed E-state index contributed by atoms with van der Waals surface area (Å²) in [5.41, 5.74) is 9.24. The zero-order chi connectivity index (χ0) is 37.3. The van der Waals surface area contributed by atoms with E-state index in [1.807, 2.05) is 94.7 Å². The SMILES string of the molecule is CC1(C)c2c(ccc3cc(N(c4ccccc4)c4ccccc4F)ccc23)-c2c1c1ccc(N(c3ccccc3)c3ccccc3F)cc1c1ccccc21. The highest BCUT2D eigenvalue weighted by atomic mass is 19.1. The van der Waals surface area contributed by atoms with Gasteiger partial charge in [0.2, 0.25) is 0 Å². The quantitative estimate of drug-likeness (QED) is 0.158. The Bertz CT molecular complexity index is 2940. The Morgan fingerprint density at radius 2 is 0.891 bits per heavy atom. The summed E-state index contributed by atoms with van der Waals surface area (Å²) in [4.78, 5) is 3.99. The molecule has 0 spiro atoms. The number of hydrogen-bond acceptors (Lipinski definition) is 2. The van der Waals surface area contributed by atoms with Crippen molar-refractivity contribution in [1.82, 2.24) is 0 Å². The van der Waals surface area contributed by atoms with E-state index >= 15 is 8.78 Å². The molecule has 0 radical (unpaired) electrons. The summed E-state index contributed by atoms with van der Waals surface area (Å²) >= 11 is 0. The molecule has 9 aromatic carbocycles. The third-order valence-electron chi connectivity index (χ3n) is 11.3. The molecule has 0 fully saturated rings. The van der Waals surface area contributed by atoms with Gasteiger partial charge in [-0.15, -0.1) is 0 Å². The molecule has 1 aliphatic carbocycles. The first-order valence-corrected chi connectivity index (χ1v) is 18.7. The zero-order valence-corrected chi connectivity index (χ0v) is 30.5. The molecule has 2 nitrogen and oxygen atoms in total. The molecule has 0 amide bonds. The van der Waals surface area contributed by atoms with Crippen molar-refractivity contribution in [3.8, 4) is 11.1 Å². The molecular formula is C51H36F2N2. The van der Waals surface area contributed by atoms with Crippen LogP contribution in [0.5, 0.6) is 0 Å². The number of fused-ring (bicyclic) bond motifs is 10. The van der Waals surface area contributed by atoms with Crippen LogP contribution in [0.1, 0.15) is 25.0 Å². The fourth-order valence-corrected chi connectivity index (χ4v) is 8.98. The van der Waals surface area contributed by atoms with Gasteiger partial charge in [0.1, 0.15) is 11.6 Å². The highest BCUT2D eigenvalue weighted by Gasteiger charge is 2.40. The summed E-state index contributed by atoms with van der Waals surface area (Å²) in [6.45, 7) is 4.66. The minimum absolute atomic E-state index is 0.278. The average Bonchev–Trinajstić information content (AvgIpc) is 3.47. The predicted molar refractivity (Wildman–Crippen MR) is 226 cm³/mol. The first kappa shape index (κ1) is 32.8. The van der Waals surface area contributed by atoms with Crippen LogP contribution in [0.3, 0.4) is 0 Å². The van der Waals surface area contributed by atoms with Crippen LogP contribution in [0, 0.1) is 11.6 Å². The lowest BCUT2D eigenvalue weighted by molar-refractivity contribution is 0.628. The van der Waals surface area contributed by atoms with E-state index in [1.165, 1.54) is 50.5 Å². The van der Waals surface area contributed by atoms with Crippen molar-refractivity contribution in [3.63, 3.8) is 0 Å². The Hall–Kier alpha value is -6.78. The fraction of sp³-hybridized carbons (Fsp3) is 0.0588. The van der Waals surface area contributed by atoms with Gasteiger partial charge in [0.15, 0.2) is 0 Å². The van der Waals surface area contributed by atoms with Crippen molar-refractivity contribution in [2.24, 2.45) is 0 Å². The zero-order valence-electron chi connectivity index (χ0n) is 30.5. The molecule has 1 aliphatic rings. The van der Waals surface area contributed by atoms with Crippen molar-refractivity contribution < 1.29 is 8.78 Å². The van der Waals surface area contributed by atoms with Crippen molar-refractivity contribution in [2.45, 2.75) is 19.3 Å². The third-order valence-corrected chi connectivity index (χ3v) is 11.3. The molecule has 4 heteroatoms. The van der Waals surface area contributed by atoms with Crippen LogP contribution in [-0.2, 0) is 5.41 Å². The van der Waals surface area contributed by atoms with Crippen molar-refractivity contribution >= 4 is 66.4 Å². The largest absolute Gasteiger partial charge is 0.308 e. The Labute approximate surface area is 319 Å². The van der Waals surface area contributed by atoms with Crippen molar-refractivity contribution in [2.75, 3.05) is 9.80 Å². The molecule has 0 unspecified atom stereocenters. The molecule has 0 saturated heterocycles. The van der Waals surface area contributed by atoms with E-state index < -0.39 is 0 Å². The van der Waals surface area contributed by atoms with Crippen LogP contribution in [0.25, 0.3) is 43.4 Å². The molecule has 0 bridgehead atoms. The lowest BCUT2D eigenvalue weighted by Gasteiger charge is -2.28. The number of rotatable bonds is 6. The second kappa shape index (κ2) is 12.7. The summed E-state index contributed by atoms with van der Waals surface area (Å²) in [6.07, 6.45) is 0. The Morgan fingerprint density at radius 1 is 0.382 bits per heavy atom. The summed E-state index contributed by atoms with van der Waals surface area (Å²) in [5, 5.41) is 6.92. The van der Waals surface area contributed by atoms with Gasteiger partial charge in [0.05, 0.1) is 11.4 Å². The number of para-hydroxylation sites is 4. The normalized spacial score (nSPS) is 12.9. The molecular weight excluding hydrogens is 679 g/mol. The number of hydrogen-bond donors (Lipinski definition) is 0. The van der Waals surface area contributed by atoms with Gasteiger partial charge in [-0.2, -0.15) is 0 Å². The monoisotopic (exact) mass is 714 g/mol. The van der Waals surface area contributed by atoms with E-state index in [1.54, 1.807) is 12.1 Å². The maximum atomic E-state index is 15.5. The van der Waals surface area contributed by atoms with E-state index in [0.29, 0.717) is 11.4 Å². The smallest absolute Gasteiger partial charge is 0.147 e. The highest BCUT2D eigenvalue weighted by molar-refractivity contribution is 6.20. The van der Waals surface area contributed by atoms with Gasteiger partial charge in [0, 0.05) is 28.2 Å². The minimum Gasteiger partial charge on any atom is -0.308 e. The minimum atomic E-state index is -0.356. The number of anilines is 6. The van der Waals surface area contributed by atoms with Crippen LogP contribution in [-0.4, -0.2) is 0 Å². The van der Waals surface area contributed by atoms with Gasteiger partial charge in [-0.05, 0) is 127 Å². The maximum Gasteiger partial charge on any atom is 0.147 e.